The summed E-state index contributed by atoms with van der Waals surface area (Å²) >= 11 is 0. The molecule has 0 N–H and O–H groups in total. The third-order valence-corrected chi connectivity index (χ3v) is 3.23. The lowest BCUT2D eigenvalue weighted by Crippen LogP contribution is -2.19. The van der Waals surface area contributed by atoms with E-state index in [1.54, 1.807) is 0 Å². The van der Waals surface area contributed by atoms with E-state index in [-0.39, 0.29) is 0 Å². The van der Waals surface area contributed by atoms with Gasteiger partial charge in [0.1, 0.15) is 5.82 Å². The van der Waals surface area contributed by atoms with E-state index in [0.29, 0.717) is 5.92 Å². The van der Waals surface area contributed by atoms with E-state index in [0.717, 1.165) is 30.2 Å². The Kier molecular flexibility index (Phi) is 4.79. The first-order valence-corrected chi connectivity index (χ1v) is 6.96. The number of nitrogens with zero attached hydrogens (tertiary/aromatic N) is 4. The second-order valence-corrected chi connectivity index (χ2v) is 5.54. The topological polar surface area (TPSA) is 41.9 Å². The highest BCUT2D eigenvalue weighted by molar-refractivity contribution is 5.17. The molecular formula is C16H22N4. The zero-order valence-electron chi connectivity index (χ0n) is 12.7. The highest BCUT2D eigenvalue weighted by atomic mass is 15.1. The Labute approximate surface area is 120 Å². The maximum atomic E-state index is 4.42. The van der Waals surface area contributed by atoms with Gasteiger partial charge < -0.3 is 0 Å². The van der Waals surface area contributed by atoms with Gasteiger partial charge in [-0.25, -0.2) is 9.97 Å². The van der Waals surface area contributed by atoms with Crippen molar-refractivity contribution < 1.29 is 0 Å². The number of pyridine rings is 1. The van der Waals surface area contributed by atoms with Crippen LogP contribution in [0.15, 0.2) is 30.7 Å². The second-order valence-electron chi connectivity index (χ2n) is 5.54. The van der Waals surface area contributed by atoms with Crippen molar-refractivity contribution >= 4 is 0 Å². The van der Waals surface area contributed by atoms with Crippen LogP contribution in [-0.4, -0.2) is 26.9 Å². The van der Waals surface area contributed by atoms with Crippen molar-refractivity contribution in [3.05, 3.63) is 53.4 Å². The van der Waals surface area contributed by atoms with E-state index in [1.807, 2.05) is 24.7 Å². The van der Waals surface area contributed by atoms with Gasteiger partial charge in [-0.05, 0) is 25.6 Å². The summed E-state index contributed by atoms with van der Waals surface area (Å²) in [6, 6.07) is 4.06. The SMILES string of the molecule is Cc1cccnc1CN(C)Cc1cnc(C(C)C)nc1. The highest BCUT2D eigenvalue weighted by Crippen LogP contribution is 2.11. The molecule has 0 saturated heterocycles. The predicted molar refractivity (Wildman–Crippen MR) is 80.3 cm³/mol. The van der Waals surface area contributed by atoms with Gasteiger partial charge in [0.2, 0.25) is 0 Å². The second kappa shape index (κ2) is 6.57. The Hall–Kier alpha value is -1.81. The minimum absolute atomic E-state index is 0.373. The van der Waals surface area contributed by atoms with E-state index < -0.39 is 0 Å². The molecule has 0 fully saturated rings. The molecule has 2 heterocycles. The highest BCUT2D eigenvalue weighted by Gasteiger charge is 2.07. The molecule has 0 unspecified atom stereocenters. The van der Waals surface area contributed by atoms with Gasteiger partial charge in [-0.1, -0.05) is 19.9 Å². The van der Waals surface area contributed by atoms with Crippen LogP contribution in [0.25, 0.3) is 0 Å². The van der Waals surface area contributed by atoms with Crippen molar-refractivity contribution in [1.82, 2.24) is 19.9 Å². The molecule has 0 aliphatic rings. The molecule has 2 aromatic rings. The molecule has 0 aliphatic heterocycles. The Morgan fingerprint density at radius 3 is 2.40 bits per heavy atom. The fourth-order valence-corrected chi connectivity index (χ4v) is 2.05. The van der Waals surface area contributed by atoms with Gasteiger partial charge in [0.25, 0.3) is 0 Å². The normalized spacial score (nSPS) is 11.3. The maximum absolute atomic E-state index is 4.42. The standard InChI is InChI=1S/C16H22N4/c1-12(2)16-18-8-14(9-19-16)10-20(4)11-15-13(3)6-5-7-17-15/h5-9,12H,10-11H2,1-4H3. The fourth-order valence-electron chi connectivity index (χ4n) is 2.05. The fraction of sp³-hybridized carbons (Fsp3) is 0.438. The molecule has 0 atom stereocenters. The van der Waals surface area contributed by atoms with Crippen molar-refractivity contribution in [2.24, 2.45) is 0 Å². The lowest BCUT2D eigenvalue weighted by atomic mass is 10.2. The Morgan fingerprint density at radius 1 is 1.10 bits per heavy atom. The first-order valence-electron chi connectivity index (χ1n) is 6.96. The molecule has 0 saturated carbocycles. The van der Waals surface area contributed by atoms with Crippen LogP contribution < -0.4 is 0 Å². The average molecular weight is 270 g/mol. The number of aromatic nitrogens is 3. The first-order chi connectivity index (χ1) is 9.56. The molecule has 0 aromatic carbocycles. The van der Waals surface area contributed by atoms with Crippen LogP contribution in [0.1, 0.15) is 42.4 Å². The lowest BCUT2D eigenvalue weighted by molar-refractivity contribution is 0.313. The Bertz CT molecular complexity index is 549. The Balaban J connectivity index is 1.97. The molecule has 20 heavy (non-hydrogen) atoms. The van der Waals surface area contributed by atoms with Crippen LogP contribution >= 0.6 is 0 Å². The molecule has 0 spiro atoms. The summed E-state index contributed by atoms with van der Waals surface area (Å²) in [5.41, 5.74) is 3.48. The smallest absolute Gasteiger partial charge is 0.130 e. The third kappa shape index (κ3) is 3.84. The summed E-state index contributed by atoms with van der Waals surface area (Å²) in [7, 11) is 2.09. The summed E-state index contributed by atoms with van der Waals surface area (Å²) in [4.78, 5) is 15.5. The third-order valence-electron chi connectivity index (χ3n) is 3.23. The Morgan fingerprint density at radius 2 is 1.80 bits per heavy atom. The average Bonchev–Trinajstić information content (AvgIpc) is 2.42. The van der Waals surface area contributed by atoms with E-state index >= 15 is 0 Å². The minimum atomic E-state index is 0.373. The van der Waals surface area contributed by atoms with Crippen LogP contribution in [0.4, 0.5) is 0 Å². The predicted octanol–water partition coefficient (Wildman–Crippen LogP) is 2.94. The van der Waals surface area contributed by atoms with E-state index in [4.69, 9.17) is 0 Å². The molecule has 2 aromatic heterocycles. The number of hydrogen-bond acceptors (Lipinski definition) is 4. The van der Waals surface area contributed by atoms with E-state index in [2.05, 4.69) is 53.7 Å². The lowest BCUT2D eigenvalue weighted by Gasteiger charge is -2.17. The van der Waals surface area contributed by atoms with Crippen molar-refractivity contribution in [2.75, 3.05) is 7.05 Å². The van der Waals surface area contributed by atoms with Gasteiger partial charge in [-0.3, -0.25) is 9.88 Å². The molecule has 0 bridgehead atoms. The van der Waals surface area contributed by atoms with Crippen molar-refractivity contribution in [2.45, 2.75) is 39.8 Å². The molecule has 0 amide bonds. The molecule has 2 rings (SSSR count). The summed E-state index contributed by atoms with van der Waals surface area (Å²) in [5.74, 6) is 1.27. The summed E-state index contributed by atoms with van der Waals surface area (Å²) in [6.07, 6.45) is 5.69. The van der Waals surface area contributed by atoms with Crippen LogP contribution in [0.2, 0.25) is 0 Å². The van der Waals surface area contributed by atoms with Gasteiger partial charge in [-0.2, -0.15) is 0 Å². The molecule has 0 aliphatic carbocycles. The molecule has 4 nitrogen and oxygen atoms in total. The summed E-state index contributed by atoms with van der Waals surface area (Å²) in [6.45, 7) is 7.96. The van der Waals surface area contributed by atoms with Gasteiger partial charge in [0.05, 0.1) is 5.69 Å². The molecular weight excluding hydrogens is 248 g/mol. The van der Waals surface area contributed by atoms with Crippen LogP contribution in [-0.2, 0) is 13.1 Å². The quantitative estimate of drug-likeness (QED) is 0.837. The van der Waals surface area contributed by atoms with Gasteiger partial charge in [0.15, 0.2) is 0 Å². The minimum Gasteiger partial charge on any atom is -0.296 e. The van der Waals surface area contributed by atoms with Crippen LogP contribution in [0.3, 0.4) is 0 Å². The zero-order valence-corrected chi connectivity index (χ0v) is 12.7. The number of rotatable bonds is 5. The van der Waals surface area contributed by atoms with Crippen LogP contribution in [0.5, 0.6) is 0 Å². The van der Waals surface area contributed by atoms with Crippen molar-refractivity contribution in [1.29, 1.82) is 0 Å². The number of aryl methyl sites for hydroxylation is 1. The zero-order chi connectivity index (χ0) is 14.5. The van der Waals surface area contributed by atoms with E-state index in [1.165, 1.54) is 5.56 Å². The monoisotopic (exact) mass is 270 g/mol. The summed E-state index contributed by atoms with van der Waals surface area (Å²) in [5, 5.41) is 0. The first kappa shape index (κ1) is 14.6. The largest absolute Gasteiger partial charge is 0.296 e. The summed E-state index contributed by atoms with van der Waals surface area (Å²) < 4.78 is 0. The maximum Gasteiger partial charge on any atom is 0.130 e. The molecule has 0 radical (unpaired) electrons. The van der Waals surface area contributed by atoms with Crippen molar-refractivity contribution in [3.63, 3.8) is 0 Å². The van der Waals surface area contributed by atoms with Gasteiger partial charge in [0, 0.05) is 43.2 Å². The van der Waals surface area contributed by atoms with E-state index in [9.17, 15) is 0 Å². The van der Waals surface area contributed by atoms with Gasteiger partial charge in [-0.15, -0.1) is 0 Å². The van der Waals surface area contributed by atoms with Crippen LogP contribution in [0, 0.1) is 6.92 Å². The molecule has 4 heteroatoms. The number of hydrogen-bond donors (Lipinski definition) is 0. The van der Waals surface area contributed by atoms with Crippen molar-refractivity contribution in [3.8, 4) is 0 Å². The van der Waals surface area contributed by atoms with Gasteiger partial charge >= 0.3 is 0 Å². The molecule has 106 valence electrons.